The number of aliphatic carboxylic acids is 1. The summed E-state index contributed by atoms with van der Waals surface area (Å²) in [5.41, 5.74) is -0.175. The summed E-state index contributed by atoms with van der Waals surface area (Å²) in [6.07, 6.45) is 3.14. The van der Waals surface area contributed by atoms with Gasteiger partial charge < -0.3 is 15.0 Å². The second-order valence-electron chi connectivity index (χ2n) is 5.37. The van der Waals surface area contributed by atoms with Crippen LogP contribution >= 0.6 is 11.3 Å². The molecule has 0 atom stereocenters. The average Bonchev–Trinajstić information content (AvgIpc) is 2.86. The van der Waals surface area contributed by atoms with Gasteiger partial charge in [-0.25, -0.2) is 0 Å². The zero-order valence-corrected chi connectivity index (χ0v) is 12.2. The molecule has 0 saturated heterocycles. The molecule has 1 amide bonds. The third-order valence-electron chi connectivity index (χ3n) is 3.86. The Hall–Kier alpha value is -2.08. The summed E-state index contributed by atoms with van der Waals surface area (Å²) in [4.78, 5) is 24.5. The fourth-order valence-corrected chi connectivity index (χ4v) is 2.99. The topological polar surface area (TPSA) is 71.3 Å². The van der Waals surface area contributed by atoms with Crippen LogP contribution in [0.3, 0.4) is 0 Å². The number of carboxylic acid groups (broad SMARTS) is 1. The molecule has 6 heteroatoms. The number of amides is 1. The summed E-state index contributed by atoms with van der Waals surface area (Å²) in [5.74, 6) is -1.04. The second-order valence-corrected chi connectivity index (χ2v) is 6.40. The fourth-order valence-electron chi connectivity index (χ4n) is 2.29. The molecule has 1 fully saturated rings. The summed E-state index contributed by atoms with van der Waals surface area (Å²) < 4.78 is 1.88. The Morgan fingerprint density at radius 1 is 1.33 bits per heavy atom. The van der Waals surface area contributed by atoms with Crippen molar-refractivity contribution in [3.05, 3.63) is 46.4 Å². The van der Waals surface area contributed by atoms with Crippen molar-refractivity contribution in [1.82, 2.24) is 9.88 Å². The zero-order valence-electron chi connectivity index (χ0n) is 11.4. The molecule has 110 valence electrons. The van der Waals surface area contributed by atoms with Crippen molar-refractivity contribution in [3.8, 4) is 0 Å². The van der Waals surface area contributed by atoms with E-state index in [1.165, 1.54) is 4.88 Å². The number of carbonyl (C=O) groups is 2. The molecule has 0 radical (unpaired) electrons. The standard InChI is InChI=1S/C15H16N2O3S/c18-13(16-10-15(5-6-15)14(19)20)12-4-1-7-17(12)9-11-3-2-8-21-11/h1-4,7-8H,5-6,9-10H2,(H,16,18)(H,19,20). The Balaban J connectivity index is 1.65. The quantitative estimate of drug-likeness (QED) is 0.859. The zero-order chi connectivity index (χ0) is 14.9. The first-order chi connectivity index (χ1) is 10.1. The molecule has 2 aromatic heterocycles. The summed E-state index contributed by atoms with van der Waals surface area (Å²) in [7, 11) is 0. The van der Waals surface area contributed by atoms with Crippen LogP contribution in [0.25, 0.3) is 0 Å². The SMILES string of the molecule is O=C(NCC1(C(=O)O)CC1)c1cccn1Cc1cccs1. The Labute approximate surface area is 126 Å². The van der Waals surface area contributed by atoms with Crippen LogP contribution in [0.4, 0.5) is 0 Å². The first kappa shape index (κ1) is 13.9. The highest BCUT2D eigenvalue weighted by Gasteiger charge is 2.50. The van der Waals surface area contributed by atoms with Gasteiger partial charge in [-0.05, 0) is 36.4 Å². The third kappa shape index (κ3) is 2.85. The maximum Gasteiger partial charge on any atom is 0.311 e. The van der Waals surface area contributed by atoms with Gasteiger partial charge in [-0.3, -0.25) is 9.59 Å². The van der Waals surface area contributed by atoms with Gasteiger partial charge in [0.05, 0.1) is 12.0 Å². The monoisotopic (exact) mass is 304 g/mol. The maximum atomic E-state index is 12.2. The van der Waals surface area contributed by atoms with E-state index < -0.39 is 11.4 Å². The molecule has 1 saturated carbocycles. The van der Waals surface area contributed by atoms with E-state index in [9.17, 15) is 9.59 Å². The van der Waals surface area contributed by atoms with Gasteiger partial charge in [0.2, 0.25) is 0 Å². The van der Waals surface area contributed by atoms with E-state index in [0.29, 0.717) is 25.1 Å². The van der Waals surface area contributed by atoms with E-state index in [2.05, 4.69) is 5.32 Å². The lowest BCUT2D eigenvalue weighted by molar-refractivity contribution is -0.143. The van der Waals surface area contributed by atoms with Crippen molar-refractivity contribution < 1.29 is 14.7 Å². The first-order valence-corrected chi connectivity index (χ1v) is 7.68. The number of hydrogen-bond acceptors (Lipinski definition) is 3. The molecule has 0 aliphatic heterocycles. The van der Waals surface area contributed by atoms with E-state index in [4.69, 9.17) is 5.11 Å². The highest BCUT2D eigenvalue weighted by atomic mass is 32.1. The molecule has 3 rings (SSSR count). The molecule has 0 bridgehead atoms. The molecular weight excluding hydrogens is 288 g/mol. The molecule has 2 aromatic rings. The lowest BCUT2D eigenvalue weighted by Crippen LogP contribution is -2.35. The normalized spacial score (nSPS) is 15.6. The highest BCUT2D eigenvalue weighted by Crippen LogP contribution is 2.45. The van der Waals surface area contributed by atoms with Crippen LogP contribution in [0.2, 0.25) is 0 Å². The Morgan fingerprint density at radius 3 is 2.76 bits per heavy atom. The van der Waals surface area contributed by atoms with Crippen molar-refractivity contribution in [2.45, 2.75) is 19.4 Å². The minimum absolute atomic E-state index is 0.200. The number of aromatic nitrogens is 1. The summed E-state index contributed by atoms with van der Waals surface area (Å²) >= 11 is 1.64. The molecule has 0 unspecified atom stereocenters. The number of hydrogen-bond donors (Lipinski definition) is 2. The number of nitrogens with zero attached hydrogens (tertiary/aromatic N) is 1. The lowest BCUT2D eigenvalue weighted by atomic mass is 10.1. The molecular formula is C15H16N2O3S. The third-order valence-corrected chi connectivity index (χ3v) is 4.72. The summed E-state index contributed by atoms with van der Waals surface area (Å²) in [6.45, 7) is 0.850. The smallest absolute Gasteiger partial charge is 0.311 e. The number of carboxylic acids is 1. The van der Waals surface area contributed by atoms with Crippen LogP contribution < -0.4 is 5.32 Å². The van der Waals surface area contributed by atoms with E-state index in [0.717, 1.165) is 0 Å². The van der Waals surface area contributed by atoms with Crippen LogP contribution in [0.1, 0.15) is 28.2 Å². The van der Waals surface area contributed by atoms with Crippen molar-refractivity contribution in [3.63, 3.8) is 0 Å². The largest absolute Gasteiger partial charge is 0.481 e. The summed E-state index contributed by atoms with van der Waals surface area (Å²) in [6, 6.07) is 7.58. The van der Waals surface area contributed by atoms with Gasteiger partial charge in [-0.1, -0.05) is 6.07 Å². The molecule has 2 heterocycles. The molecule has 21 heavy (non-hydrogen) atoms. The van der Waals surface area contributed by atoms with Gasteiger partial charge in [-0.15, -0.1) is 11.3 Å². The Morgan fingerprint density at radius 2 is 2.14 bits per heavy atom. The molecule has 2 N–H and O–H groups in total. The van der Waals surface area contributed by atoms with Crippen molar-refractivity contribution in [2.24, 2.45) is 5.41 Å². The van der Waals surface area contributed by atoms with Crippen LogP contribution in [0.5, 0.6) is 0 Å². The van der Waals surface area contributed by atoms with E-state index in [-0.39, 0.29) is 12.5 Å². The van der Waals surface area contributed by atoms with Gasteiger partial charge in [0.1, 0.15) is 5.69 Å². The van der Waals surface area contributed by atoms with Crippen molar-refractivity contribution >= 4 is 23.2 Å². The minimum atomic E-state index is -0.822. The van der Waals surface area contributed by atoms with Gasteiger partial charge >= 0.3 is 5.97 Å². The fraction of sp³-hybridized carbons (Fsp3) is 0.333. The van der Waals surface area contributed by atoms with E-state index in [1.54, 1.807) is 17.4 Å². The Bertz CT molecular complexity index is 656. The van der Waals surface area contributed by atoms with Gasteiger partial charge in [-0.2, -0.15) is 0 Å². The molecule has 0 aromatic carbocycles. The molecule has 1 aliphatic carbocycles. The lowest BCUT2D eigenvalue weighted by Gasteiger charge is -2.12. The summed E-state index contributed by atoms with van der Waals surface area (Å²) in [5, 5.41) is 13.9. The second kappa shape index (κ2) is 5.37. The first-order valence-electron chi connectivity index (χ1n) is 6.80. The average molecular weight is 304 g/mol. The predicted molar refractivity (Wildman–Crippen MR) is 79.5 cm³/mol. The van der Waals surface area contributed by atoms with Crippen LogP contribution in [-0.2, 0) is 11.3 Å². The van der Waals surface area contributed by atoms with Crippen molar-refractivity contribution in [2.75, 3.05) is 6.54 Å². The maximum absolute atomic E-state index is 12.2. The Kier molecular flexibility index (Phi) is 3.55. The molecule has 0 spiro atoms. The van der Waals surface area contributed by atoms with Gasteiger partial charge in [0, 0.05) is 17.6 Å². The highest BCUT2D eigenvalue weighted by molar-refractivity contribution is 7.09. The number of rotatable bonds is 6. The number of carbonyl (C=O) groups excluding carboxylic acids is 1. The van der Waals surface area contributed by atoms with Crippen LogP contribution in [0, 0.1) is 5.41 Å². The molecule has 1 aliphatic rings. The predicted octanol–water partition coefficient (Wildman–Crippen LogP) is 2.19. The van der Waals surface area contributed by atoms with Crippen LogP contribution in [-0.4, -0.2) is 28.1 Å². The van der Waals surface area contributed by atoms with Crippen molar-refractivity contribution in [1.29, 1.82) is 0 Å². The van der Waals surface area contributed by atoms with E-state index >= 15 is 0 Å². The number of thiophene rings is 1. The number of nitrogens with one attached hydrogen (secondary N) is 1. The van der Waals surface area contributed by atoms with Crippen LogP contribution in [0.15, 0.2) is 35.8 Å². The van der Waals surface area contributed by atoms with Gasteiger partial charge in [0.25, 0.3) is 5.91 Å². The minimum Gasteiger partial charge on any atom is -0.481 e. The van der Waals surface area contributed by atoms with Gasteiger partial charge in [0.15, 0.2) is 0 Å². The van der Waals surface area contributed by atoms with E-state index in [1.807, 2.05) is 34.3 Å². The molecule has 5 nitrogen and oxygen atoms in total.